The molecule has 0 aliphatic carbocycles. The zero-order valence-electron chi connectivity index (χ0n) is 13.3. The van der Waals surface area contributed by atoms with E-state index in [1.165, 1.54) is 0 Å². The van der Waals surface area contributed by atoms with E-state index in [4.69, 9.17) is 23.2 Å². The van der Waals surface area contributed by atoms with Crippen molar-refractivity contribution in [1.29, 1.82) is 0 Å². The smallest absolute Gasteiger partial charge is 0.257 e. The fourth-order valence-corrected chi connectivity index (χ4v) is 2.91. The number of carbonyl (C=O) groups is 2. The van der Waals surface area contributed by atoms with E-state index in [-0.39, 0.29) is 11.1 Å². The lowest BCUT2D eigenvalue weighted by Crippen LogP contribution is -2.31. The van der Waals surface area contributed by atoms with Gasteiger partial charge in [-0.1, -0.05) is 35.3 Å². The van der Waals surface area contributed by atoms with Gasteiger partial charge >= 0.3 is 0 Å². The standard InChI is InChI=1S/C17H15Cl2N3O2S/c1-22(10-12-2-6-14(18)7-3-12)25-17(20-11-23)21-16(24)13-4-8-15(19)9-5-13/h2-9,11H,10H2,1H3,(H,20,21,23,24). The third-order valence-electron chi connectivity index (χ3n) is 3.06. The second-order valence-electron chi connectivity index (χ2n) is 5.00. The molecule has 25 heavy (non-hydrogen) atoms. The summed E-state index contributed by atoms with van der Waals surface area (Å²) in [5.74, 6) is -0.371. The molecule has 0 heterocycles. The molecule has 2 rings (SSSR count). The normalized spacial score (nSPS) is 11.4. The largest absolute Gasteiger partial charge is 0.300 e. The summed E-state index contributed by atoms with van der Waals surface area (Å²) < 4.78 is 1.84. The molecule has 0 unspecified atom stereocenters. The van der Waals surface area contributed by atoms with E-state index in [2.05, 4.69) is 10.3 Å². The second-order valence-corrected chi connectivity index (χ2v) is 7.07. The molecule has 130 valence electrons. The second kappa shape index (κ2) is 9.58. The third-order valence-corrected chi connectivity index (χ3v) is 4.38. The molecule has 0 atom stereocenters. The topological polar surface area (TPSA) is 61.8 Å². The van der Waals surface area contributed by atoms with Crippen LogP contribution < -0.4 is 5.32 Å². The lowest BCUT2D eigenvalue weighted by molar-refractivity contribution is -0.106. The molecule has 2 amide bonds. The molecule has 0 aliphatic rings. The van der Waals surface area contributed by atoms with Crippen LogP contribution in [0.2, 0.25) is 10.0 Å². The van der Waals surface area contributed by atoms with Crippen molar-refractivity contribution in [2.45, 2.75) is 6.54 Å². The summed E-state index contributed by atoms with van der Waals surface area (Å²) >= 11 is 12.8. The Morgan fingerprint density at radius 1 is 1.12 bits per heavy atom. The maximum Gasteiger partial charge on any atom is 0.257 e. The van der Waals surface area contributed by atoms with Crippen LogP contribution in [0.25, 0.3) is 0 Å². The van der Waals surface area contributed by atoms with E-state index >= 15 is 0 Å². The summed E-state index contributed by atoms with van der Waals surface area (Å²) in [6.45, 7) is 0.580. The minimum absolute atomic E-state index is 0.186. The Balaban J connectivity index is 1.98. The molecule has 2 aromatic carbocycles. The average molecular weight is 396 g/mol. The first-order valence-electron chi connectivity index (χ1n) is 7.20. The number of amidine groups is 1. The Hall–Kier alpha value is -1.86. The van der Waals surface area contributed by atoms with Crippen molar-refractivity contribution in [1.82, 2.24) is 9.62 Å². The van der Waals surface area contributed by atoms with Gasteiger partial charge in [-0.15, -0.1) is 0 Å². The van der Waals surface area contributed by atoms with Gasteiger partial charge in [0.2, 0.25) is 6.41 Å². The predicted molar refractivity (Wildman–Crippen MR) is 103 cm³/mol. The summed E-state index contributed by atoms with van der Waals surface area (Å²) in [5.41, 5.74) is 1.46. The van der Waals surface area contributed by atoms with Gasteiger partial charge in [-0.05, 0) is 61.0 Å². The summed E-state index contributed by atoms with van der Waals surface area (Å²) in [5, 5.41) is 4.00. The molecule has 8 heteroatoms. The molecule has 0 bridgehead atoms. The van der Waals surface area contributed by atoms with Gasteiger partial charge in [0.1, 0.15) is 0 Å². The van der Waals surface area contributed by atoms with Crippen molar-refractivity contribution >= 4 is 52.6 Å². The number of carbonyl (C=O) groups excluding carboxylic acids is 2. The van der Waals surface area contributed by atoms with Gasteiger partial charge in [0.25, 0.3) is 5.91 Å². The van der Waals surface area contributed by atoms with Crippen molar-refractivity contribution in [3.05, 3.63) is 69.7 Å². The zero-order chi connectivity index (χ0) is 18.2. The average Bonchev–Trinajstić information content (AvgIpc) is 2.57. The first kappa shape index (κ1) is 19.5. The molecule has 0 fully saturated rings. The van der Waals surface area contributed by atoms with Crippen LogP contribution in [0.4, 0.5) is 0 Å². The fraction of sp³-hybridized carbons (Fsp3) is 0.118. The third kappa shape index (κ3) is 6.51. The Labute approximate surface area is 160 Å². The highest BCUT2D eigenvalue weighted by atomic mass is 35.5. The van der Waals surface area contributed by atoms with E-state index in [0.29, 0.717) is 28.6 Å². The fourth-order valence-electron chi connectivity index (χ4n) is 1.92. The molecule has 2 aromatic rings. The van der Waals surface area contributed by atoms with Crippen molar-refractivity contribution in [3.63, 3.8) is 0 Å². The maximum atomic E-state index is 12.2. The van der Waals surface area contributed by atoms with E-state index in [1.54, 1.807) is 36.4 Å². The van der Waals surface area contributed by atoms with Crippen LogP contribution in [0.3, 0.4) is 0 Å². The molecular weight excluding hydrogens is 381 g/mol. The number of hydrogen-bond acceptors (Lipinski definition) is 4. The quantitative estimate of drug-likeness (QED) is 0.359. The van der Waals surface area contributed by atoms with Crippen LogP contribution >= 0.6 is 35.1 Å². The Morgan fingerprint density at radius 2 is 1.68 bits per heavy atom. The molecule has 1 N–H and O–H groups in total. The summed E-state index contributed by atoms with van der Waals surface area (Å²) in [6, 6.07) is 13.8. The Morgan fingerprint density at radius 3 is 2.24 bits per heavy atom. The number of aliphatic imine (C=N–C) groups is 1. The lowest BCUT2D eigenvalue weighted by atomic mass is 10.2. The highest BCUT2D eigenvalue weighted by Crippen LogP contribution is 2.16. The van der Waals surface area contributed by atoms with Crippen molar-refractivity contribution < 1.29 is 9.59 Å². The number of halogens is 2. The van der Waals surface area contributed by atoms with E-state index in [1.807, 2.05) is 23.5 Å². The first-order chi connectivity index (χ1) is 12.0. The molecule has 0 aromatic heterocycles. The molecule has 0 saturated heterocycles. The summed E-state index contributed by atoms with van der Waals surface area (Å²) in [6.07, 6.45) is 0.389. The van der Waals surface area contributed by atoms with Gasteiger partial charge < -0.3 is 0 Å². The predicted octanol–water partition coefficient (Wildman–Crippen LogP) is 4.02. The van der Waals surface area contributed by atoms with Crippen LogP contribution in [-0.2, 0) is 11.3 Å². The Bertz CT molecular complexity index is 764. The van der Waals surface area contributed by atoms with E-state index in [9.17, 15) is 9.59 Å². The van der Waals surface area contributed by atoms with E-state index < -0.39 is 0 Å². The molecule has 5 nitrogen and oxygen atoms in total. The van der Waals surface area contributed by atoms with Crippen molar-refractivity contribution in [2.75, 3.05) is 7.05 Å². The zero-order valence-corrected chi connectivity index (χ0v) is 15.6. The summed E-state index contributed by atoms with van der Waals surface area (Å²) in [4.78, 5) is 26.7. The number of amides is 2. The number of nitrogens with one attached hydrogen (secondary N) is 1. The minimum atomic E-state index is -0.371. The van der Waals surface area contributed by atoms with Crippen LogP contribution in [0.1, 0.15) is 15.9 Å². The van der Waals surface area contributed by atoms with E-state index in [0.717, 1.165) is 17.5 Å². The molecule has 0 radical (unpaired) electrons. The van der Waals surface area contributed by atoms with Crippen molar-refractivity contribution in [3.8, 4) is 0 Å². The monoisotopic (exact) mass is 395 g/mol. The van der Waals surface area contributed by atoms with Gasteiger partial charge in [-0.2, -0.15) is 4.99 Å². The SMILES string of the molecule is CN(Cc1ccc(Cl)cc1)S/C(=N\C=O)NC(=O)c1ccc(Cl)cc1. The first-order valence-corrected chi connectivity index (χ1v) is 8.73. The highest BCUT2D eigenvalue weighted by molar-refractivity contribution is 8.11. The maximum absolute atomic E-state index is 12.2. The molecule has 0 saturated carbocycles. The molecule has 0 aliphatic heterocycles. The van der Waals surface area contributed by atoms with Gasteiger partial charge in [0, 0.05) is 22.2 Å². The van der Waals surface area contributed by atoms with Crippen LogP contribution in [0.15, 0.2) is 53.5 Å². The summed E-state index contributed by atoms with van der Waals surface area (Å²) in [7, 11) is 1.83. The van der Waals surface area contributed by atoms with Gasteiger partial charge in [-0.3, -0.25) is 14.9 Å². The van der Waals surface area contributed by atoms with Crippen LogP contribution in [0.5, 0.6) is 0 Å². The molecular formula is C17H15Cl2N3O2S. The van der Waals surface area contributed by atoms with Crippen molar-refractivity contribution in [2.24, 2.45) is 4.99 Å². The van der Waals surface area contributed by atoms with Gasteiger partial charge in [0.05, 0.1) is 0 Å². The lowest BCUT2D eigenvalue weighted by Gasteiger charge is -2.16. The van der Waals surface area contributed by atoms with Gasteiger partial charge in [-0.25, -0.2) is 4.31 Å². The van der Waals surface area contributed by atoms with Crippen LogP contribution in [0, 0.1) is 0 Å². The van der Waals surface area contributed by atoms with Crippen LogP contribution in [-0.4, -0.2) is 28.8 Å². The Kier molecular flexibility index (Phi) is 7.46. The minimum Gasteiger partial charge on any atom is -0.300 e. The number of hydrogen-bond donors (Lipinski definition) is 1. The molecule has 0 spiro atoms. The number of nitrogens with zero attached hydrogens (tertiary/aromatic N) is 2. The highest BCUT2D eigenvalue weighted by Gasteiger charge is 2.12. The van der Waals surface area contributed by atoms with Gasteiger partial charge in [0.15, 0.2) is 5.17 Å². The number of rotatable bonds is 5. The number of benzene rings is 2.